The fourth-order valence-electron chi connectivity index (χ4n) is 3.26. The molecule has 108 valence electrons. The molecule has 0 saturated heterocycles. The van der Waals surface area contributed by atoms with E-state index in [1.165, 1.54) is 30.2 Å². The number of thiophene rings is 1. The van der Waals surface area contributed by atoms with Gasteiger partial charge in [0, 0.05) is 16.3 Å². The zero-order valence-electron chi connectivity index (χ0n) is 12.1. The van der Waals surface area contributed by atoms with Crippen LogP contribution in [0.4, 0.5) is 0 Å². The summed E-state index contributed by atoms with van der Waals surface area (Å²) in [6.45, 7) is 2.19. The Bertz CT molecular complexity index is 724. The second kappa shape index (κ2) is 5.32. The van der Waals surface area contributed by atoms with Gasteiger partial charge in [-0.25, -0.2) is 0 Å². The van der Waals surface area contributed by atoms with Gasteiger partial charge in [0.25, 0.3) is 0 Å². The summed E-state index contributed by atoms with van der Waals surface area (Å²) in [6, 6.07) is 13.3. The molecule has 3 aromatic rings. The lowest BCUT2D eigenvalue weighted by atomic mass is 9.93. The van der Waals surface area contributed by atoms with Crippen molar-refractivity contribution in [2.75, 3.05) is 0 Å². The lowest BCUT2D eigenvalue weighted by Gasteiger charge is -2.26. The smallest absolute Gasteiger partial charge is 0.134 e. The van der Waals surface area contributed by atoms with Crippen LogP contribution in [0.5, 0.6) is 0 Å². The van der Waals surface area contributed by atoms with Crippen molar-refractivity contribution in [1.82, 2.24) is 5.32 Å². The van der Waals surface area contributed by atoms with Gasteiger partial charge < -0.3 is 9.73 Å². The van der Waals surface area contributed by atoms with Crippen LogP contribution in [0.25, 0.3) is 11.0 Å². The Morgan fingerprint density at radius 3 is 3.10 bits per heavy atom. The van der Waals surface area contributed by atoms with Gasteiger partial charge in [-0.1, -0.05) is 18.2 Å². The summed E-state index contributed by atoms with van der Waals surface area (Å²) in [4.78, 5) is 1.55. The maximum absolute atomic E-state index is 5.98. The molecule has 3 heteroatoms. The number of furan rings is 1. The number of aryl methyl sites for hydroxylation is 1. The minimum absolute atomic E-state index is 0.230. The van der Waals surface area contributed by atoms with Crippen LogP contribution in [0.2, 0.25) is 0 Å². The van der Waals surface area contributed by atoms with Crippen molar-refractivity contribution in [1.29, 1.82) is 0 Å². The van der Waals surface area contributed by atoms with E-state index < -0.39 is 0 Å². The Labute approximate surface area is 128 Å². The first kappa shape index (κ1) is 13.1. The van der Waals surface area contributed by atoms with Crippen LogP contribution in [0.1, 0.15) is 48.0 Å². The van der Waals surface area contributed by atoms with Gasteiger partial charge in [0.2, 0.25) is 0 Å². The van der Waals surface area contributed by atoms with Gasteiger partial charge >= 0.3 is 0 Å². The molecule has 2 atom stereocenters. The van der Waals surface area contributed by atoms with Crippen LogP contribution in [0.15, 0.2) is 46.2 Å². The molecule has 4 rings (SSSR count). The van der Waals surface area contributed by atoms with Crippen molar-refractivity contribution in [2.45, 2.75) is 38.3 Å². The van der Waals surface area contributed by atoms with Gasteiger partial charge in [-0.15, -0.1) is 11.3 Å². The van der Waals surface area contributed by atoms with Crippen LogP contribution in [0.3, 0.4) is 0 Å². The first-order valence-corrected chi connectivity index (χ1v) is 8.50. The predicted octanol–water partition coefficient (Wildman–Crippen LogP) is 5.22. The summed E-state index contributed by atoms with van der Waals surface area (Å²) in [5, 5.41) is 7.15. The van der Waals surface area contributed by atoms with E-state index in [2.05, 4.69) is 41.9 Å². The maximum Gasteiger partial charge on any atom is 0.134 e. The number of para-hydroxylation sites is 1. The van der Waals surface area contributed by atoms with E-state index in [9.17, 15) is 0 Å². The molecule has 21 heavy (non-hydrogen) atoms. The highest BCUT2D eigenvalue weighted by molar-refractivity contribution is 7.10. The Morgan fingerprint density at radius 1 is 1.29 bits per heavy atom. The second-order valence-electron chi connectivity index (χ2n) is 5.82. The van der Waals surface area contributed by atoms with E-state index in [0.29, 0.717) is 6.04 Å². The van der Waals surface area contributed by atoms with Crippen LogP contribution in [-0.2, 0) is 6.42 Å². The quantitative estimate of drug-likeness (QED) is 0.716. The summed E-state index contributed by atoms with van der Waals surface area (Å²) in [5.41, 5.74) is 2.47. The minimum Gasteiger partial charge on any atom is -0.459 e. The van der Waals surface area contributed by atoms with Gasteiger partial charge in [-0.05, 0) is 55.3 Å². The lowest BCUT2D eigenvalue weighted by Crippen LogP contribution is -2.26. The van der Waals surface area contributed by atoms with Crippen LogP contribution >= 0.6 is 11.3 Å². The molecule has 2 aromatic heterocycles. The third-order valence-electron chi connectivity index (χ3n) is 4.37. The van der Waals surface area contributed by atoms with Crippen molar-refractivity contribution < 1.29 is 4.42 Å². The van der Waals surface area contributed by atoms with Crippen molar-refractivity contribution in [2.24, 2.45) is 0 Å². The molecule has 0 fully saturated rings. The molecule has 1 N–H and O–H groups in total. The molecule has 0 spiro atoms. The number of rotatable bonds is 3. The number of nitrogens with one attached hydrogen (secondary N) is 1. The molecule has 0 aliphatic heterocycles. The van der Waals surface area contributed by atoms with Crippen LogP contribution in [-0.4, -0.2) is 0 Å². The summed E-state index contributed by atoms with van der Waals surface area (Å²) >= 11 is 1.89. The van der Waals surface area contributed by atoms with E-state index in [1.807, 2.05) is 23.5 Å². The fraction of sp³-hybridized carbons (Fsp3) is 0.333. The van der Waals surface area contributed by atoms with Gasteiger partial charge in [-0.3, -0.25) is 0 Å². The van der Waals surface area contributed by atoms with E-state index in [4.69, 9.17) is 4.42 Å². The van der Waals surface area contributed by atoms with E-state index in [0.717, 1.165) is 11.3 Å². The SMILES string of the molecule is CC(NC1CCCc2sccc21)c1cc2ccccc2o1. The number of hydrogen-bond acceptors (Lipinski definition) is 3. The number of fused-ring (bicyclic) bond motifs is 2. The molecule has 1 aromatic carbocycles. The summed E-state index contributed by atoms with van der Waals surface area (Å²) in [5.74, 6) is 1.03. The van der Waals surface area contributed by atoms with Gasteiger partial charge in [0.15, 0.2) is 0 Å². The topological polar surface area (TPSA) is 25.2 Å². The summed E-state index contributed by atoms with van der Waals surface area (Å²) < 4.78 is 5.98. The van der Waals surface area contributed by atoms with Crippen molar-refractivity contribution in [3.63, 3.8) is 0 Å². The first-order chi connectivity index (χ1) is 10.3. The normalized spacial score (nSPS) is 19.6. The highest BCUT2D eigenvalue weighted by Crippen LogP contribution is 2.35. The standard InChI is InChI=1S/C18H19NOS/c1-12(17-11-13-5-2-3-7-16(13)20-17)19-15-6-4-8-18-14(15)9-10-21-18/h2-3,5,7,9-12,15,19H,4,6,8H2,1H3. The predicted molar refractivity (Wildman–Crippen MR) is 87.8 cm³/mol. The highest BCUT2D eigenvalue weighted by Gasteiger charge is 2.23. The summed E-state index contributed by atoms with van der Waals surface area (Å²) in [6.07, 6.45) is 3.73. The zero-order valence-corrected chi connectivity index (χ0v) is 13.0. The Balaban J connectivity index is 1.57. The number of hydrogen-bond donors (Lipinski definition) is 1. The molecular weight excluding hydrogens is 278 g/mol. The third-order valence-corrected chi connectivity index (χ3v) is 5.37. The second-order valence-corrected chi connectivity index (χ2v) is 6.82. The van der Waals surface area contributed by atoms with E-state index in [1.54, 1.807) is 4.88 Å². The van der Waals surface area contributed by atoms with Crippen molar-refractivity contribution in [3.05, 3.63) is 58.0 Å². The molecule has 2 heterocycles. The van der Waals surface area contributed by atoms with Gasteiger partial charge in [-0.2, -0.15) is 0 Å². The molecule has 2 unspecified atom stereocenters. The van der Waals surface area contributed by atoms with Gasteiger partial charge in [0.05, 0.1) is 6.04 Å². The maximum atomic E-state index is 5.98. The molecule has 0 amide bonds. The van der Waals surface area contributed by atoms with Crippen molar-refractivity contribution >= 4 is 22.3 Å². The largest absolute Gasteiger partial charge is 0.459 e. The molecule has 0 bridgehead atoms. The van der Waals surface area contributed by atoms with Crippen LogP contribution in [0, 0.1) is 0 Å². The Hall–Kier alpha value is -1.58. The molecule has 1 aliphatic rings. The Kier molecular flexibility index (Phi) is 3.32. The van der Waals surface area contributed by atoms with E-state index >= 15 is 0 Å². The van der Waals surface area contributed by atoms with Gasteiger partial charge in [0.1, 0.15) is 11.3 Å². The lowest BCUT2D eigenvalue weighted by molar-refractivity contribution is 0.377. The zero-order chi connectivity index (χ0) is 14.2. The third kappa shape index (κ3) is 2.41. The average molecular weight is 297 g/mol. The monoisotopic (exact) mass is 297 g/mol. The van der Waals surface area contributed by atoms with Crippen molar-refractivity contribution in [3.8, 4) is 0 Å². The first-order valence-electron chi connectivity index (χ1n) is 7.62. The summed E-state index contributed by atoms with van der Waals surface area (Å²) in [7, 11) is 0. The molecule has 2 nitrogen and oxygen atoms in total. The minimum atomic E-state index is 0.230. The molecule has 1 aliphatic carbocycles. The Morgan fingerprint density at radius 2 is 2.19 bits per heavy atom. The van der Waals surface area contributed by atoms with E-state index in [-0.39, 0.29) is 6.04 Å². The molecule has 0 radical (unpaired) electrons. The fourth-order valence-corrected chi connectivity index (χ4v) is 4.25. The average Bonchev–Trinajstić information content (AvgIpc) is 3.14. The molecular formula is C18H19NOS. The highest BCUT2D eigenvalue weighted by atomic mass is 32.1. The number of benzene rings is 1. The van der Waals surface area contributed by atoms with Crippen LogP contribution < -0.4 is 5.32 Å². The molecule has 0 saturated carbocycles.